The van der Waals surface area contributed by atoms with Crippen LogP contribution < -0.4 is 5.69 Å². The van der Waals surface area contributed by atoms with E-state index in [9.17, 15) is 28.8 Å². The Morgan fingerprint density at radius 1 is 0.875 bits per heavy atom. The van der Waals surface area contributed by atoms with Gasteiger partial charge in [-0.05, 0) is 61.0 Å². The summed E-state index contributed by atoms with van der Waals surface area (Å²) in [4.78, 5) is 60.6. The summed E-state index contributed by atoms with van der Waals surface area (Å²) < 4.78 is 0.932. The monoisotopic (exact) mass is 488 g/mol. The lowest BCUT2D eigenvalue weighted by Gasteiger charge is -2.01. The van der Waals surface area contributed by atoms with E-state index < -0.39 is 25.0 Å². The maximum absolute atomic E-state index is 10.7. The van der Waals surface area contributed by atoms with Crippen molar-refractivity contribution in [1.29, 1.82) is 0 Å². The number of carboxylic acid groups (broad SMARTS) is 1. The first kappa shape index (κ1) is 33.4. The molecule has 0 fully saturated rings. The van der Waals surface area contributed by atoms with Crippen LogP contribution in [-0.4, -0.2) is 61.9 Å². The summed E-state index contributed by atoms with van der Waals surface area (Å²) in [6.07, 6.45) is 6.42. The van der Waals surface area contributed by atoms with Gasteiger partial charge >= 0.3 is 11.7 Å². The van der Waals surface area contributed by atoms with E-state index in [1.54, 1.807) is 0 Å². The van der Waals surface area contributed by atoms with Gasteiger partial charge in [0.25, 0.3) is 0 Å². The van der Waals surface area contributed by atoms with Crippen molar-refractivity contribution in [2.75, 3.05) is 0 Å². The van der Waals surface area contributed by atoms with E-state index in [0.29, 0.717) is 0 Å². The average molecular weight is 489 g/mol. The Bertz CT molecular complexity index is 837. The second-order valence-electron chi connectivity index (χ2n) is 7.41. The summed E-state index contributed by atoms with van der Waals surface area (Å²) in [6.45, 7) is 13.3. The van der Waals surface area contributed by atoms with Crippen molar-refractivity contribution < 1.29 is 29.1 Å². The van der Waals surface area contributed by atoms with E-state index >= 15 is 0 Å². The molecule has 0 amide bonds. The van der Waals surface area contributed by atoms with Crippen LogP contribution in [0.25, 0.3) is 6.20 Å². The summed E-state index contributed by atoms with van der Waals surface area (Å²) in [6, 6.07) is 0. The number of carbonyl (C=O) groups excluding carboxylic acids is 4. The molecule has 178 valence electrons. The molecule has 1 aromatic heterocycles. The van der Waals surface area contributed by atoms with Gasteiger partial charge in [0.1, 0.15) is 0 Å². The Hall–Kier alpha value is -3.25. The summed E-state index contributed by atoms with van der Waals surface area (Å²) >= 11 is 4.84. The third-order valence-corrected chi connectivity index (χ3v) is 1.98. The molecule has 0 bridgehead atoms. The zero-order valence-electron chi connectivity index (χ0n) is 19.1. The fraction of sp³-hybridized carbons (Fsp3) is 0.368. The lowest BCUT2D eigenvalue weighted by atomic mass is 10.4. The normalized spacial score (nSPS) is 10.4. The molecule has 0 aliphatic heterocycles. The quantitative estimate of drug-likeness (QED) is 0.345. The molecule has 0 aromatic carbocycles. The Morgan fingerprint density at radius 2 is 1.28 bits per heavy atom. The van der Waals surface area contributed by atoms with E-state index in [1.807, 2.05) is 0 Å². The van der Waals surface area contributed by atoms with Crippen LogP contribution in [0.5, 0.6) is 0 Å². The highest BCUT2D eigenvalue weighted by Crippen LogP contribution is 1.94. The van der Waals surface area contributed by atoms with Crippen LogP contribution in [0.15, 0.2) is 35.2 Å². The predicted octanol–water partition coefficient (Wildman–Crippen LogP) is 2.09. The number of tetrazole rings is 1. The Labute approximate surface area is 191 Å². The molecule has 0 radical (unpaired) electrons. The summed E-state index contributed by atoms with van der Waals surface area (Å²) in [5.74, 6) is -1.69. The third kappa shape index (κ3) is 37.5. The first-order chi connectivity index (χ1) is 14.5. The minimum Gasteiger partial charge on any atom is -0.478 e. The number of aliphatic carboxylic acids is 1. The Kier molecular flexibility index (Phi) is 19.3. The lowest BCUT2D eigenvalue weighted by molar-refractivity contribution is -0.131. The van der Waals surface area contributed by atoms with E-state index in [2.05, 4.69) is 41.7 Å². The van der Waals surface area contributed by atoms with Crippen molar-refractivity contribution in [3.05, 3.63) is 40.9 Å². The molecule has 11 nitrogen and oxygen atoms in total. The van der Waals surface area contributed by atoms with E-state index in [-0.39, 0.29) is 17.3 Å². The number of aromatic amines is 1. The van der Waals surface area contributed by atoms with Gasteiger partial charge in [-0.1, -0.05) is 26.2 Å². The van der Waals surface area contributed by atoms with Crippen LogP contribution in [0, 0.1) is 0 Å². The molecule has 0 unspecified atom stereocenters. The molecule has 1 heterocycles. The van der Waals surface area contributed by atoms with Gasteiger partial charge in [0.2, 0.25) is 5.24 Å². The third-order valence-electron chi connectivity index (χ3n) is 1.85. The van der Waals surface area contributed by atoms with Gasteiger partial charge in [0.05, 0.1) is 0 Å². The average Bonchev–Trinajstić information content (AvgIpc) is 3.01. The van der Waals surface area contributed by atoms with Crippen molar-refractivity contribution in [3.8, 4) is 0 Å². The largest absolute Gasteiger partial charge is 0.478 e. The molecule has 1 rings (SSSR count). The molecule has 32 heavy (non-hydrogen) atoms. The minimum absolute atomic E-state index is 0.153. The summed E-state index contributed by atoms with van der Waals surface area (Å²) in [5.41, 5.74) is -0.470. The number of carboxylic acids is 1. The van der Waals surface area contributed by atoms with Crippen LogP contribution >= 0.6 is 11.6 Å². The van der Waals surface area contributed by atoms with E-state index in [1.165, 1.54) is 33.0 Å². The van der Waals surface area contributed by atoms with Crippen molar-refractivity contribution in [2.45, 2.75) is 47.0 Å². The number of nitrogens with zero attached hydrogens (tertiary/aromatic N) is 3. The van der Waals surface area contributed by atoms with Gasteiger partial charge in [-0.2, -0.15) is 4.68 Å². The van der Waals surface area contributed by atoms with Gasteiger partial charge in [-0.3, -0.25) is 19.2 Å². The SMILES string of the molecule is CC(=O)/C=C/C(=O)Cl.CC(=O)/C=C/C(=O)O.CC(=O)/C=C/n1nn[nH]c1=O.C[Si](C)(C)C. The van der Waals surface area contributed by atoms with Crippen LogP contribution in [-0.2, 0) is 24.0 Å². The molecule has 0 atom stereocenters. The zero-order chi connectivity index (χ0) is 25.9. The summed E-state index contributed by atoms with van der Waals surface area (Å²) in [5, 5.41) is 15.9. The maximum Gasteiger partial charge on any atom is 0.365 e. The standard InChI is InChI=1S/C5H5ClO2.C5H6N4O2.C5H6O3.C4H12Si/c1-4(7)2-3-5(6)8;1-4(10)2-3-9-5(11)6-7-8-9;1-4(6)2-3-5(7)8;1-5(2,3)4/h2-3H,1H3;2-3H,1H3,(H,6,8,11);2-3H,1H3,(H,7,8);1-4H3/b3*3-2+;. The molecular weight excluding hydrogens is 460 g/mol. The highest BCUT2D eigenvalue weighted by Gasteiger charge is 1.99. The highest BCUT2D eigenvalue weighted by atomic mass is 35.5. The molecule has 1 aromatic rings. The number of allylic oxidation sites excluding steroid dienone is 4. The predicted molar refractivity (Wildman–Crippen MR) is 124 cm³/mol. The van der Waals surface area contributed by atoms with E-state index in [0.717, 1.165) is 29.0 Å². The van der Waals surface area contributed by atoms with Gasteiger partial charge in [-0.15, -0.1) is 0 Å². The van der Waals surface area contributed by atoms with Gasteiger partial charge in [0.15, 0.2) is 17.3 Å². The number of carbonyl (C=O) groups is 5. The van der Waals surface area contributed by atoms with Crippen LogP contribution in [0.1, 0.15) is 20.8 Å². The van der Waals surface area contributed by atoms with Crippen molar-refractivity contribution >= 4 is 54.4 Å². The topological polar surface area (TPSA) is 169 Å². The van der Waals surface area contributed by atoms with Gasteiger partial charge in [0, 0.05) is 26.4 Å². The zero-order valence-corrected chi connectivity index (χ0v) is 20.8. The molecule has 0 saturated heterocycles. The lowest BCUT2D eigenvalue weighted by Crippen LogP contribution is -2.12. The molecule has 0 aliphatic rings. The number of H-pyrrole nitrogens is 1. The van der Waals surface area contributed by atoms with Gasteiger partial charge < -0.3 is 5.11 Å². The number of nitrogens with one attached hydrogen (secondary N) is 1. The van der Waals surface area contributed by atoms with Crippen molar-refractivity contribution in [1.82, 2.24) is 20.2 Å². The highest BCUT2D eigenvalue weighted by molar-refractivity contribution is 6.74. The molecule has 13 heteroatoms. The fourth-order valence-electron chi connectivity index (χ4n) is 0.850. The second kappa shape index (κ2) is 18.5. The fourth-order valence-corrected chi connectivity index (χ4v) is 0.913. The first-order valence-electron chi connectivity index (χ1n) is 8.94. The number of rotatable bonds is 6. The smallest absolute Gasteiger partial charge is 0.365 e. The number of hydrogen-bond donors (Lipinski definition) is 2. The van der Waals surface area contributed by atoms with Crippen LogP contribution in [0.4, 0.5) is 0 Å². The van der Waals surface area contributed by atoms with E-state index in [4.69, 9.17) is 16.7 Å². The first-order valence-corrected chi connectivity index (χ1v) is 13.3. The molecule has 0 aliphatic carbocycles. The molecule has 2 N–H and O–H groups in total. The molecule has 0 spiro atoms. The maximum atomic E-state index is 10.7. The van der Waals surface area contributed by atoms with Crippen LogP contribution in [0.3, 0.4) is 0 Å². The number of ketones is 3. The van der Waals surface area contributed by atoms with Crippen LogP contribution in [0.2, 0.25) is 26.2 Å². The number of aromatic nitrogens is 4. The Morgan fingerprint density at radius 3 is 1.50 bits per heavy atom. The molecule has 0 saturated carbocycles. The molecular formula is C19H29ClN4O7Si. The van der Waals surface area contributed by atoms with Crippen molar-refractivity contribution in [3.63, 3.8) is 0 Å². The second-order valence-corrected chi connectivity index (χ2v) is 13.8. The number of halogens is 1. The minimum atomic E-state index is -1.10. The number of hydrogen-bond acceptors (Lipinski definition) is 8. The van der Waals surface area contributed by atoms with Gasteiger partial charge in [-0.25, -0.2) is 14.7 Å². The van der Waals surface area contributed by atoms with Crippen molar-refractivity contribution in [2.24, 2.45) is 0 Å². The summed E-state index contributed by atoms with van der Waals surface area (Å²) in [7, 11) is -0.611. The Balaban J connectivity index is -0.000000364.